The normalized spacial score (nSPS) is 24.1. The first-order valence-electron chi connectivity index (χ1n) is 8.47. The zero-order valence-corrected chi connectivity index (χ0v) is 16.3. The smallest absolute Gasteiger partial charge is 0.261 e. The van der Waals surface area contributed by atoms with Crippen LogP contribution in [0.4, 0.5) is 0 Å². The predicted molar refractivity (Wildman–Crippen MR) is 98.5 cm³/mol. The first-order chi connectivity index (χ1) is 11.2. The molecule has 0 aliphatic carbocycles. The standard InChI is InChI=1S/C19H25BrN2O2/c1-18(2)9-12(10-19(3,4)21-18)15(11-20)22-16(23)13-7-5-6-8-14(13)17(22)24/h5-8,12,15,21H,9-11H2,1-4H3/t15-/m0/s1. The van der Waals surface area contributed by atoms with E-state index in [1.807, 2.05) is 12.1 Å². The second-order valence-corrected chi connectivity index (χ2v) is 8.96. The van der Waals surface area contributed by atoms with Gasteiger partial charge < -0.3 is 5.32 Å². The summed E-state index contributed by atoms with van der Waals surface area (Å²) in [7, 11) is 0. The molecule has 2 aliphatic heterocycles. The number of hydrogen-bond acceptors (Lipinski definition) is 3. The molecule has 1 aromatic rings. The second-order valence-electron chi connectivity index (χ2n) is 8.31. The second kappa shape index (κ2) is 5.95. The van der Waals surface area contributed by atoms with Crippen LogP contribution in [0, 0.1) is 5.92 Å². The third-order valence-electron chi connectivity index (χ3n) is 5.08. The monoisotopic (exact) mass is 392 g/mol. The van der Waals surface area contributed by atoms with Crippen LogP contribution >= 0.6 is 15.9 Å². The number of piperidine rings is 1. The summed E-state index contributed by atoms with van der Waals surface area (Å²) in [4.78, 5) is 27.2. The van der Waals surface area contributed by atoms with Crippen molar-refractivity contribution < 1.29 is 9.59 Å². The minimum atomic E-state index is -0.158. The van der Waals surface area contributed by atoms with Gasteiger partial charge in [0.15, 0.2) is 0 Å². The number of alkyl halides is 1. The van der Waals surface area contributed by atoms with Crippen molar-refractivity contribution in [3.8, 4) is 0 Å². The van der Waals surface area contributed by atoms with Gasteiger partial charge >= 0.3 is 0 Å². The Morgan fingerprint density at radius 2 is 1.54 bits per heavy atom. The average Bonchev–Trinajstić information content (AvgIpc) is 2.71. The van der Waals surface area contributed by atoms with Crippen molar-refractivity contribution in [1.29, 1.82) is 0 Å². The van der Waals surface area contributed by atoms with Crippen LogP contribution in [0.15, 0.2) is 24.3 Å². The van der Waals surface area contributed by atoms with Gasteiger partial charge in [-0.1, -0.05) is 28.1 Å². The highest BCUT2D eigenvalue weighted by molar-refractivity contribution is 9.09. The number of amides is 2. The molecule has 1 aromatic carbocycles. The molecule has 0 aromatic heterocycles. The van der Waals surface area contributed by atoms with Gasteiger partial charge in [0.05, 0.1) is 17.2 Å². The predicted octanol–water partition coefficient (Wildman–Crippen LogP) is 3.60. The molecule has 2 amide bonds. The third-order valence-corrected chi connectivity index (χ3v) is 5.74. The Balaban J connectivity index is 1.93. The lowest BCUT2D eigenvalue weighted by molar-refractivity contribution is 0.0405. The van der Waals surface area contributed by atoms with E-state index in [1.54, 1.807) is 12.1 Å². The lowest BCUT2D eigenvalue weighted by atomic mass is 9.73. The fraction of sp³-hybridized carbons (Fsp3) is 0.579. The summed E-state index contributed by atoms with van der Waals surface area (Å²) < 4.78 is 0. The van der Waals surface area contributed by atoms with Crippen LogP contribution < -0.4 is 5.32 Å². The van der Waals surface area contributed by atoms with Gasteiger partial charge in [0.25, 0.3) is 11.8 Å². The molecule has 0 spiro atoms. The highest BCUT2D eigenvalue weighted by Gasteiger charge is 2.47. The van der Waals surface area contributed by atoms with Gasteiger partial charge in [-0.2, -0.15) is 0 Å². The van der Waals surface area contributed by atoms with E-state index in [2.05, 4.69) is 48.9 Å². The molecule has 1 N–H and O–H groups in total. The molecule has 3 rings (SSSR count). The number of nitrogens with zero attached hydrogens (tertiary/aromatic N) is 1. The molecule has 1 fully saturated rings. The Labute approximate surface area is 152 Å². The minimum absolute atomic E-state index is 0.0223. The van der Waals surface area contributed by atoms with Crippen molar-refractivity contribution in [2.75, 3.05) is 5.33 Å². The molecule has 0 bridgehead atoms. The van der Waals surface area contributed by atoms with Gasteiger partial charge in [-0.05, 0) is 58.6 Å². The number of fused-ring (bicyclic) bond motifs is 1. The molecule has 2 aliphatic rings. The van der Waals surface area contributed by atoms with Crippen molar-refractivity contribution >= 4 is 27.7 Å². The van der Waals surface area contributed by atoms with Gasteiger partial charge in [0.2, 0.25) is 0 Å². The highest BCUT2D eigenvalue weighted by atomic mass is 79.9. The lowest BCUT2D eigenvalue weighted by Crippen LogP contribution is -2.61. The van der Waals surface area contributed by atoms with Gasteiger partial charge in [0, 0.05) is 16.4 Å². The topological polar surface area (TPSA) is 49.4 Å². The van der Waals surface area contributed by atoms with E-state index in [0.717, 1.165) is 12.8 Å². The molecule has 0 saturated carbocycles. The summed E-state index contributed by atoms with van der Waals surface area (Å²) in [5.74, 6) is -0.0544. The number of rotatable bonds is 3. The number of hydrogen-bond donors (Lipinski definition) is 1. The maximum atomic E-state index is 12.8. The van der Waals surface area contributed by atoms with E-state index in [9.17, 15) is 9.59 Å². The molecular weight excluding hydrogens is 368 g/mol. The van der Waals surface area contributed by atoms with E-state index in [0.29, 0.717) is 16.5 Å². The summed E-state index contributed by atoms with van der Waals surface area (Å²) in [6.07, 6.45) is 1.86. The van der Waals surface area contributed by atoms with E-state index < -0.39 is 0 Å². The molecular formula is C19H25BrN2O2. The molecule has 1 saturated heterocycles. The fourth-order valence-corrected chi connectivity index (χ4v) is 5.41. The molecule has 130 valence electrons. The molecule has 5 heteroatoms. The van der Waals surface area contributed by atoms with Crippen LogP contribution in [-0.2, 0) is 0 Å². The van der Waals surface area contributed by atoms with Gasteiger partial charge in [0.1, 0.15) is 0 Å². The van der Waals surface area contributed by atoms with Crippen molar-refractivity contribution in [2.24, 2.45) is 5.92 Å². The highest BCUT2D eigenvalue weighted by Crippen LogP contribution is 2.38. The van der Waals surface area contributed by atoms with Crippen LogP contribution in [0.2, 0.25) is 0 Å². The number of carbonyl (C=O) groups is 2. The van der Waals surface area contributed by atoms with E-state index in [4.69, 9.17) is 0 Å². The van der Waals surface area contributed by atoms with E-state index in [1.165, 1.54) is 4.90 Å². The molecule has 0 unspecified atom stereocenters. The number of imide groups is 1. The zero-order chi connectivity index (χ0) is 17.7. The molecule has 0 radical (unpaired) electrons. The maximum Gasteiger partial charge on any atom is 0.261 e. The number of benzene rings is 1. The first-order valence-corrected chi connectivity index (χ1v) is 9.59. The third kappa shape index (κ3) is 3.04. The van der Waals surface area contributed by atoms with Crippen LogP contribution in [-0.4, -0.2) is 39.2 Å². The van der Waals surface area contributed by atoms with E-state index >= 15 is 0 Å². The largest absolute Gasteiger partial charge is 0.307 e. The minimum Gasteiger partial charge on any atom is -0.307 e. The molecule has 1 atom stereocenters. The summed E-state index contributed by atoms with van der Waals surface area (Å²) >= 11 is 3.57. The molecule has 24 heavy (non-hydrogen) atoms. The number of carbonyl (C=O) groups excluding carboxylic acids is 2. The average molecular weight is 393 g/mol. The fourth-order valence-electron chi connectivity index (χ4n) is 4.59. The summed E-state index contributed by atoms with van der Waals surface area (Å²) in [6.45, 7) is 8.76. The Kier molecular flexibility index (Phi) is 4.37. The van der Waals surface area contributed by atoms with Crippen LogP contribution in [0.5, 0.6) is 0 Å². The number of halogens is 1. The number of nitrogens with one attached hydrogen (secondary N) is 1. The zero-order valence-electron chi connectivity index (χ0n) is 14.7. The van der Waals surface area contributed by atoms with Crippen molar-refractivity contribution in [3.63, 3.8) is 0 Å². The van der Waals surface area contributed by atoms with Gasteiger partial charge in [-0.25, -0.2) is 0 Å². The lowest BCUT2D eigenvalue weighted by Gasteiger charge is -2.49. The Bertz CT molecular complexity index is 633. The van der Waals surface area contributed by atoms with Gasteiger partial charge in [-0.15, -0.1) is 0 Å². The molecule has 4 nitrogen and oxygen atoms in total. The van der Waals surface area contributed by atoms with Crippen molar-refractivity contribution in [1.82, 2.24) is 10.2 Å². The molecule has 2 heterocycles. The Hall–Kier alpha value is -1.20. The van der Waals surface area contributed by atoms with Crippen LogP contribution in [0.3, 0.4) is 0 Å². The first kappa shape index (κ1) is 17.6. The van der Waals surface area contributed by atoms with Crippen molar-refractivity contribution in [3.05, 3.63) is 35.4 Å². The quantitative estimate of drug-likeness (QED) is 0.631. The maximum absolute atomic E-state index is 12.8. The Morgan fingerprint density at radius 3 is 1.96 bits per heavy atom. The van der Waals surface area contributed by atoms with Crippen LogP contribution in [0.25, 0.3) is 0 Å². The summed E-state index contributed by atoms with van der Waals surface area (Å²) in [5, 5.41) is 4.27. The summed E-state index contributed by atoms with van der Waals surface area (Å²) in [6, 6.07) is 6.99. The van der Waals surface area contributed by atoms with Crippen molar-refractivity contribution in [2.45, 2.75) is 57.7 Å². The SMILES string of the molecule is CC1(C)CC([C@H](CBr)N2C(=O)c3ccccc3C2=O)CC(C)(C)N1. The van der Waals surface area contributed by atoms with Crippen LogP contribution in [0.1, 0.15) is 61.3 Å². The Morgan fingerprint density at radius 1 is 1.08 bits per heavy atom. The van der Waals surface area contributed by atoms with E-state index in [-0.39, 0.29) is 34.9 Å². The summed E-state index contributed by atoms with van der Waals surface area (Å²) in [5.41, 5.74) is 1.01. The van der Waals surface area contributed by atoms with Gasteiger partial charge in [-0.3, -0.25) is 14.5 Å².